The van der Waals surface area contributed by atoms with Gasteiger partial charge in [-0.2, -0.15) is 0 Å². The summed E-state index contributed by atoms with van der Waals surface area (Å²) in [7, 11) is 0. The summed E-state index contributed by atoms with van der Waals surface area (Å²) in [6, 6.07) is 17.6. The number of aromatic nitrogens is 1. The Hall–Kier alpha value is -3.32. The lowest BCUT2D eigenvalue weighted by molar-refractivity contribution is -0.115. The van der Waals surface area contributed by atoms with E-state index in [1.165, 1.54) is 11.8 Å². The number of hydrogen-bond acceptors (Lipinski definition) is 5. The van der Waals surface area contributed by atoms with Gasteiger partial charge in [-0.3, -0.25) is 14.6 Å². The third-order valence-electron chi connectivity index (χ3n) is 3.50. The van der Waals surface area contributed by atoms with Gasteiger partial charge in [0.1, 0.15) is 11.5 Å². The Kier molecular flexibility index (Phi) is 6.06. The van der Waals surface area contributed by atoms with Crippen LogP contribution < -0.4 is 15.8 Å². The SMILES string of the molecule is NC(=O)CSc1ccccc1C(=O)Nc1ccc(Oc2ccncc2)cc1. The third kappa shape index (κ3) is 5.32. The number of nitrogens with two attached hydrogens (primary N) is 1. The zero-order chi connectivity index (χ0) is 19.1. The zero-order valence-electron chi connectivity index (χ0n) is 14.3. The summed E-state index contributed by atoms with van der Waals surface area (Å²) in [5.41, 5.74) is 6.31. The van der Waals surface area contributed by atoms with Crippen LogP contribution in [0.25, 0.3) is 0 Å². The lowest BCUT2D eigenvalue weighted by atomic mass is 10.2. The Balaban J connectivity index is 1.67. The van der Waals surface area contributed by atoms with Crippen LogP contribution in [-0.4, -0.2) is 22.6 Å². The van der Waals surface area contributed by atoms with Crippen molar-refractivity contribution < 1.29 is 14.3 Å². The molecule has 2 aromatic carbocycles. The largest absolute Gasteiger partial charge is 0.457 e. The quantitative estimate of drug-likeness (QED) is 0.611. The smallest absolute Gasteiger partial charge is 0.256 e. The van der Waals surface area contributed by atoms with Crippen LogP contribution in [0.5, 0.6) is 11.5 Å². The Labute approximate surface area is 160 Å². The number of amides is 2. The lowest BCUT2D eigenvalue weighted by Gasteiger charge is -2.10. The molecular weight excluding hydrogens is 362 g/mol. The monoisotopic (exact) mass is 379 g/mol. The van der Waals surface area contributed by atoms with Crippen LogP contribution in [0.3, 0.4) is 0 Å². The number of nitrogens with one attached hydrogen (secondary N) is 1. The van der Waals surface area contributed by atoms with Crippen LogP contribution in [0.2, 0.25) is 0 Å². The van der Waals surface area contributed by atoms with E-state index in [0.29, 0.717) is 27.6 Å². The molecule has 0 aliphatic carbocycles. The number of hydrogen-bond donors (Lipinski definition) is 2. The van der Waals surface area contributed by atoms with E-state index in [2.05, 4.69) is 10.3 Å². The van der Waals surface area contributed by atoms with Crippen molar-refractivity contribution in [2.45, 2.75) is 4.90 Å². The fraction of sp³-hybridized carbons (Fsp3) is 0.0500. The highest BCUT2D eigenvalue weighted by Crippen LogP contribution is 2.25. The number of carbonyl (C=O) groups excluding carboxylic acids is 2. The summed E-state index contributed by atoms with van der Waals surface area (Å²) in [5, 5.41) is 2.84. The summed E-state index contributed by atoms with van der Waals surface area (Å²) in [6.07, 6.45) is 3.30. The standard InChI is InChI=1S/C20H17N3O3S/c21-19(24)13-27-18-4-2-1-3-17(18)20(25)23-14-5-7-15(8-6-14)26-16-9-11-22-12-10-16/h1-12H,13H2,(H2,21,24)(H,23,25). The van der Waals surface area contributed by atoms with Crippen LogP contribution in [0.1, 0.15) is 10.4 Å². The van der Waals surface area contributed by atoms with Crippen molar-refractivity contribution in [3.05, 3.63) is 78.6 Å². The second-order valence-corrected chi connectivity index (χ2v) is 6.53. The van der Waals surface area contributed by atoms with Gasteiger partial charge in [0.25, 0.3) is 5.91 Å². The van der Waals surface area contributed by atoms with Crippen molar-refractivity contribution in [2.75, 3.05) is 11.1 Å². The van der Waals surface area contributed by atoms with Crippen molar-refractivity contribution in [1.82, 2.24) is 4.98 Å². The first-order valence-corrected chi connectivity index (χ1v) is 9.10. The van der Waals surface area contributed by atoms with Gasteiger partial charge in [-0.05, 0) is 48.5 Å². The fourth-order valence-corrected chi connectivity index (χ4v) is 3.06. The highest BCUT2D eigenvalue weighted by molar-refractivity contribution is 8.00. The van der Waals surface area contributed by atoms with E-state index >= 15 is 0 Å². The van der Waals surface area contributed by atoms with E-state index in [-0.39, 0.29) is 11.7 Å². The van der Waals surface area contributed by atoms with Crippen molar-refractivity contribution >= 4 is 29.3 Å². The van der Waals surface area contributed by atoms with Crippen LogP contribution in [0.4, 0.5) is 5.69 Å². The minimum Gasteiger partial charge on any atom is -0.457 e. The van der Waals surface area contributed by atoms with Gasteiger partial charge in [-0.1, -0.05) is 12.1 Å². The van der Waals surface area contributed by atoms with Crippen molar-refractivity contribution in [1.29, 1.82) is 0 Å². The van der Waals surface area contributed by atoms with Gasteiger partial charge >= 0.3 is 0 Å². The Morgan fingerprint density at radius 3 is 2.33 bits per heavy atom. The van der Waals surface area contributed by atoms with E-state index in [0.717, 1.165) is 0 Å². The summed E-state index contributed by atoms with van der Waals surface area (Å²) in [5.74, 6) is 0.759. The normalized spacial score (nSPS) is 10.2. The third-order valence-corrected chi connectivity index (χ3v) is 4.60. The van der Waals surface area contributed by atoms with Gasteiger partial charge in [-0.25, -0.2) is 0 Å². The molecular formula is C20H17N3O3S. The average Bonchev–Trinajstić information content (AvgIpc) is 2.69. The molecule has 0 atom stereocenters. The van der Waals surface area contributed by atoms with Crippen molar-refractivity contribution in [3.63, 3.8) is 0 Å². The molecule has 0 bridgehead atoms. The fourth-order valence-electron chi connectivity index (χ4n) is 2.28. The summed E-state index contributed by atoms with van der Waals surface area (Å²) in [6.45, 7) is 0. The topological polar surface area (TPSA) is 94.3 Å². The molecule has 0 saturated carbocycles. The van der Waals surface area contributed by atoms with Gasteiger partial charge in [0.05, 0.1) is 11.3 Å². The molecule has 0 radical (unpaired) electrons. The average molecular weight is 379 g/mol. The van der Waals surface area contributed by atoms with Crippen molar-refractivity contribution in [3.8, 4) is 11.5 Å². The Morgan fingerprint density at radius 1 is 0.963 bits per heavy atom. The van der Waals surface area contributed by atoms with E-state index in [9.17, 15) is 9.59 Å². The molecule has 2 amide bonds. The number of anilines is 1. The lowest BCUT2D eigenvalue weighted by Crippen LogP contribution is -2.15. The van der Waals surface area contributed by atoms with Gasteiger partial charge in [0, 0.05) is 23.0 Å². The molecule has 136 valence electrons. The Bertz CT molecular complexity index is 931. The molecule has 0 fully saturated rings. The minimum absolute atomic E-state index is 0.116. The van der Waals surface area contributed by atoms with E-state index in [1.807, 2.05) is 6.07 Å². The van der Waals surface area contributed by atoms with Crippen LogP contribution in [0.15, 0.2) is 78.0 Å². The summed E-state index contributed by atoms with van der Waals surface area (Å²) in [4.78, 5) is 28.2. The number of primary amides is 1. The van der Waals surface area contributed by atoms with Crippen LogP contribution in [-0.2, 0) is 4.79 Å². The highest BCUT2D eigenvalue weighted by atomic mass is 32.2. The van der Waals surface area contributed by atoms with E-state index in [4.69, 9.17) is 10.5 Å². The number of carbonyl (C=O) groups is 2. The van der Waals surface area contributed by atoms with Gasteiger partial charge in [0.15, 0.2) is 0 Å². The minimum atomic E-state index is -0.431. The van der Waals surface area contributed by atoms with Gasteiger partial charge < -0.3 is 15.8 Å². The maximum atomic E-state index is 12.6. The van der Waals surface area contributed by atoms with Gasteiger partial charge in [-0.15, -0.1) is 11.8 Å². The summed E-state index contributed by atoms with van der Waals surface area (Å²) >= 11 is 1.24. The number of thioether (sulfide) groups is 1. The summed E-state index contributed by atoms with van der Waals surface area (Å²) < 4.78 is 5.70. The van der Waals surface area contributed by atoms with Crippen molar-refractivity contribution in [2.24, 2.45) is 5.73 Å². The molecule has 3 N–H and O–H groups in total. The molecule has 0 saturated heterocycles. The van der Waals surface area contributed by atoms with E-state index in [1.54, 1.807) is 67.0 Å². The molecule has 7 heteroatoms. The van der Waals surface area contributed by atoms with Gasteiger partial charge in [0.2, 0.25) is 5.91 Å². The second-order valence-electron chi connectivity index (χ2n) is 5.51. The number of pyridine rings is 1. The number of ether oxygens (including phenoxy) is 1. The highest BCUT2D eigenvalue weighted by Gasteiger charge is 2.12. The molecule has 1 aromatic heterocycles. The number of rotatable bonds is 7. The van der Waals surface area contributed by atoms with E-state index < -0.39 is 5.91 Å². The Morgan fingerprint density at radius 2 is 1.63 bits per heavy atom. The first-order chi connectivity index (χ1) is 13.1. The first-order valence-electron chi connectivity index (χ1n) is 8.11. The first kappa shape index (κ1) is 18.5. The molecule has 0 aliphatic rings. The van der Waals surface area contributed by atoms with Crippen LogP contribution >= 0.6 is 11.8 Å². The molecule has 3 rings (SSSR count). The molecule has 0 aliphatic heterocycles. The maximum Gasteiger partial charge on any atom is 0.256 e. The molecule has 1 heterocycles. The molecule has 3 aromatic rings. The number of nitrogens with zero attached hydrogens (tertiary/aromatic N) is 1. The molecule has 0 spiro atoms. The predicted molar refractivity (Wildman–Crippen MR) is 105 cm³/mol. The second kappa shape index (κ2) is 8.86. The predicted octanol–water partition coefficient (Wildman–Crippen LogP) is 3.70. The maximum absolute atomic E-state index is 12.6. The van der Waals surface area contributed by atoms with Crippen LogP contribution in [0, 0.1) is 0 Å². The molecule has 0 unspecified atom stereocenters. The molecule has 6 nitrogen and oxygen atoms in total. The zero-order valence-corrected chi connectivity index (χ0v) is 15.1. The number of benzene rings is 2. The molecule has 27 heavy (non-hydrogen) atoms.